The first kappa shape index (κ1) is 5.88. The Morgan fingerprint density at radius 2 is 2.50 bits per heavy atom. The lowest BCUT2D eigenvalue weighted by molar-refractivity contribution is -0.620. The molecule has 0 aromatic heterocycles. The molecule has 0 aliphatic heterocycles. The number of hydrogen-bond acceptors (Lipinski definition) is 2. The van der Waals surface area contributed by atoms with Gasteiger partial charge in [0, 0.05) is 6.54 Å². The Labute approximate surface area is 37.1 Å². The van der Waals surface area contributed by atoms with Gasteiger partial charge in [0.25, 0.3) is 0 Å². The van der Waals surface area contributed by atoms with Crippen LogP contribution in [0.1, 0.15) is 6.92 Å². The van der Waals surface area contributed by atoms with E-state index in [0.717, 1.165) is 5.48 Å². The molecule has 4 N–H and O–H groups in total. The van der Waals surface area contributed by atoms with Gasteiger partial charge in [-0.3, -0.25) is 0 Å². The van der Waals surface area contributed by atoms with Crippen LogP contribution in [0, 0.1) is 5.21 Å². The molecule has 6 heavy (non-hydrogen) atoms. The lowest BCUT2D eigenvalue weighted by atomic mass is 10.4. The molecule has 0 rings (SSSR count). The second-order valence-corrected chi connectivity index (χ2v) is 1.35. The molecule has 0 spiro atoms. The molecule has 1 unspecified atom stereocenters. The molecule has 0 aromatic rings. The molecule has 0 aromatic carbocycles. The Balaban J connectivity index is 2.75. The molecular weight excluding hydrogens is 80.0 g/mol. The molecule has 3 nitrogen and oxygen atoms in total. The predicted octanol–water partition coefficient (Wildman–Crippen LogP) is -1.61. The van der Waals surface area contributed by atoms with E-state index in [0.29, 0.717) is 6.54 Å². The van der Waals surface area contributed by atoms with E-state index in [2.05, 4.69) is 0 Å². The second-order valence-electron chi connectivity index (χ2n) is 1.35. The molecule has 38 valence electrons. The zero-order valence-electron chi connectivity index (χ0n) is 3.85. The molecular formula is C3H10N2O. The molecule has 0 amide bonds. The Morgan fingerprint density at radius 3 is 2.50 bits per heavy atom. The van der Waals surface area contributed by atoms with Gasteiger partial charge in [-0.25, -0.2) is 0 Å². The highest BCUT2D eigenvalue weighted by Crippen LogP contribution is 1.57. The summed E-state index contributed by atoms with van der Waals surface area (Å²) in [6.07, 6.45) is 0. The fourth-order valence-electron chi connectivity index (χ4n) is 0.0556. The number of hydrogen-bond donors (Lipinski definition) is 2. The van der Waals surface area contributed by atoms with Gasteiger partial charge in [-0.1, -0.05) is 0 Å². The van der Waals surface area contributed by atoms with Gasteiger partial charge in [0.1, 0.15) is 0 Å². The number of quaternary nitrogens is 1. The van der Waals surface area contributed by atoms with Gasteiger partial charge in [0.05, 0.1) is 6.04 Å². The van der Waals surface area contributed by atoms with Crippen molar-refractivity contribution >= 4 is 0 Å². The summed E-state index contributed by atoms with van der Waals surface area (Å²) in [5.41, 5.74) is 5.90. The van der Waals surface area contributed by atoms with Crippen molar-refractivity contribution in [1.29, 1.82) is 0 Å². The highest BCUT2D eigenvalue weighted by atomic mass is 16.5. The van der Waals surface area contributed by atoms with Crippen molar-refractivity contribution in [1.82, 2.24) is 0 Å². The Bertz CT molecular complexity index is 28.0. The van der Waals surface area contributed by atoms with E-state index in [1.807, 2.05) is 0 Å². The molecule has 1 atom stereocenters. The van der Waals surface area contributed by atoms with Crippen LogP contribution < -0.4 is 11.2 Å². The van der Waals surface area contributed by atoms with E-state index in [4.69, 9.17) is 5.73 Å². The van der Waals surface area contributed by atoms with Crippen molar-refractivity contribution in [2.24, 2.45) is 5.73 Å². The molecule has 0 saturated carbocycles. The summed E-state index contributed by atoms with van der Waals surface area (Å²) in [6, 6.07) is 0.0324. The first-order chi connectivity index (χ1) is 2.81. The van der Waals surface area contributed by atoms with Crippen LogP contribution in [0.5, 0.6) is 0 Å². The van der Waals surface area contributed by atoms with Crippen molar-refractivity contribution in [2.75, 3.05) is 6.54 Å². The van der Waals surface area contributed by atoms with Crippen LogP contribution in [0.4, 0.5) is 0 Å². The fraction of sp³-hybridized carbons (Fsp3) is 1.00. The standard InChI is InChI=1S/C3H10N2O/c1-3(2-4)5-6/h3H,2,4-5H2,1H3. The van der Waals surface area contributed by atoms with E-state index in [1.54, 1.807) is 6.92 Å². The molecule has 0 saturated heterocycles. The van der Waals surface area contributed by atoms with Crippen LogP contribution in [0.2, 0.25) is 0 Å². The molecule has 0 heterocycles. The van der Waals surface area contributed by atoms with Crippen LogP contribution in [0.3, 0.4) is 0 Å². The first-order valence-corrected chi connectivity index (χ1v) is 1.96. The van der Waals surface area contributed by atoms with Crippen molar-refractivity contribution in [3.8, 4) is 0 Å². The summed E-state index contributed by atoms with van der Waals surface area (Å²) in [7, 11) is 0. The zero-order chi connectivity index (χ0) is 4.99. The quantitative estimate of drug-likeness (QED) is 0.401. The van der Waals surface area contributed by atoms with Crippen LogP contribution in [0.15, 0.2) is 0 Å². The Morgan fingerprint density at radius 1 is 2.00 bits per heavy atom. The van der Waals surface area contributed by atoms with Crippen molar-refractivity contribution in [2.45, 2.75) is 13.0 Å². The van der Waals surface area contributed by atoms with E-state index in [9.17, 15) is 5.21 Å². The van der Waals surface area contributed by atoms with Gasteiger partial charge in [-0.05, 0) is 6.92 Å². The minimum Gasteiger partial charge on any atom is -0.636 e. The fourth-order valence-corrected chi connectivity index (χ4v) is 0.0556. The summed E-state index contributed by atoms with van der Waals surface area (Å²) in [6.45, 7) is 2.25. The number of hydroxylamine groups is 1. The van der Waals surface area contributed by atoms with Gasteiger partial charge in [0.15, 0.2) is 0 Å². The molecule has 0 radical (unpaired) electrons. The first-order valence-electron chi connectivity index (χ1n) is 1.96. The van der Waals surface area contributed by atoms with Gasteiger partial charge >= 0.3 is 0 Å². The van der Waals surface area contributed by atoms with Crippen LogP contribution in [-0.2, 0) is 0 Å². The summed E-state index contributed by atoms with van der Waals surface area (Å²) in [5.74, 6) is 0. The minimum atomic E-state index is 0.0324. The van der Waals surface area contributed by atoms with Gasteiger partial charge < -0.3 is 16.4 Å². The molecule has 3 heteroatoms. The minimum absolute atomic E-state index is 0.0324. The molecule has 0 aliphatic carbocycles. The average Bonchev–Trinajstić information content (AvgIpc) is 1.65. The van der Waals surface area contributed by atoms with E-state index in [1.165, 1.54) is 0 Å². The topological polar surface area (TPSA) is 65.7 Å². The van der Waals surface area contributed by atoms with Crippen LogP contribution in [-0.4, -0.2) is 12.6 Å². The van der Waals surface area contributed by atoms with E-state index >= 15 is 0 Å². The average molecular weight is 90.1 g/mol. The summed E-state index contributed by atoms with van der Waals surface area (Å²) in [4.78, 5) is 0. The van der Waals surface area contributed by atoms with Gasteiger partial charge in [-0.15, -0.1) is 0 Å². The van der Waals surface area contributed by atoms with Crippen molar-refractivity contribution < 1.29 is 5.48 Å². The van der Waals surface area contributed by atoms with Crippen LogP contribution in [0.25, 0.3) is 0 Å². The lowest BCUT2D eigenvalue weighted by Gasteiger charge is -2.06. The molecule has 0 bridgehead atoms. The highest BCUT2D eigenvalue weighted by Gasteiger charge is 1.88. The van der Waals surface area contributed by atoms with E-state index in [-0.39, 0.29) is 6.04 Å². The zero-order valence-corrected chi connectivity index (χ0v) is 3.85. The third-order valence-corrected chi connectivity index (χ3v) is 0.604. The Kier molecular flexibility index (Phi) is 3.02. The molecule has 0 fully saturated rings. The number of rotatable bonds is 2. The SMILES string of the molecule is CC(CN)[NH2+][O-]. The third-order valence-electron chi connectivity index (χ3n) is 0.604. The highest BCUT2D eigenvalue weighted by molar-refractivity contribution is 4.40. The number of nitrogens with two attached hydrogens (primary N) is 2. The van der Waals surface area contributed by atoms with Crippen molar-refractivity contribution in [3.05, 3.63) is 5.21 Å². The van der Waals surface area contributed by atoms with E-state index < -0.39 is 0 Å². The van der Waals surface area contributed by atoms with Gasteiger partial charge in [-0.2, -0.15) is 0 Å². The van der Waals surface area contributed by atoms with Gasteiger partial charge in [0.2, 0.25) is 0 Å². The maximum absolute atomic E-state index is 9.66. The smallest absolute Gasteiger partial charge is 0.0951 e. The third kappa shape index (κ3) is 2.14. The predicted molar refractivity (Wildman–Crippen MR) is 23.8 cm³/mol. The summed E-state index contributed by atoms with van der Waals surface area (Å²) in [5, 5.41) is 9.66. The second kappa shape index (κ2) is 3.08. The molecule has 0 aliphatic rings. The maximum Gasteiger partial charge on any atom is 0.0951 e. The van der Waals surface area contributed by atoms with Crippen molar-refractivity contribution in [3.63, 3.8) is 0 Å². The summed E-state index contributed by atoms with van der Waals surface area (Å²) < 4.78 is 0. The Hall–Kier alpha value is -0.120. The summed E-state index contributed by atoms with van der Waals surface area (Å²) >= 11 is 0. The lowest BCUT2D eigenvalue weighted by Crippen LogP contribution is -2.84. The monoisotopic (exact) mass is 90.1 g/mol. The normalized spacial score (nSPS) is 14.5. The largest absolute Gasteiger partial charge is 0.636 e. The maximum atomic E-state index is 9.66. The van der Waals surface area contributed by atoms with Crippen LogP contribution >= 0.6 is 0 Å².